The van der Waals surface area contributed by atoms with E-state index in [0.717, 1.165) is 48.7 Å². The van der Waals surface area contributed by atoms with Crippen molar-refractivity contribution in [2.24, 2.45) is 13.0 Å². The van der Waals surface area contributed by atoms with Crippen LogP contribution in [0.4, 0.5) is 11.5 Å². The third-order valence-electron chi connectivity index (χ3n) is 5.79. The molecule has 2 aliphatic rings. The van der Waals surface area contributed by atoms with Crippen molar-refractivity contribution in [3.8, 4) is 17.3 Å². The Balaban J connectivity index is 1.37. The Morgan fingerprint density at radius 2 is 2.19 bits per heavy atom. The molecule has 0 radical (unpaired) electrons. The van der Waals surface area contributed by atoms with E-state index >= 15 is 0 Å². The standard InChI is InChI=1S/C23H27N7O2/c1-29(13-21(31)26-16-11-25-30(2)12-16)23-18-4-3-5-19(18)27-22(28-23)20-10-17(8-9-24-20)32-14-15-6-7-15/h8-12,15H,3-7,13-14H2,1-2H3,(H,26,31). The minimum Gasteiger partial charge on any atom is -0.493 e. The molecule has 9 heteroatoms. The molecule has 2 aliphatic carbocycles. The Morgan fingerprint density at radius 1 is 1.31 bits per heavy atom. The average Bonchev–Trinajstić information content (AvgIpc) is 3.34. The van der Waals surface area contributed by atoms with Gasteiger partial charge in [0.2, 0.25) is 5.91 Å². The van der Waals surface area contributed by atoms with Crippen LogP contribution in [-0.4, -0.2) is 50.8 Å². The van der Waals surface area contributed by atoms with E-state index in [9.17, 15) is 4.79 Å². The van der Waals surface area contributed by atoms with E-state index < -0.39 is 0 Å². The Labute approximate surface area is 186 Å². The fourth-order valence-electron chi connectivity index (χ4n) is 3.94. The number of carbonyl (C=O) groups excluding carboxylic acids is 1. The Bertz CT molecular complexity index is 1140. The van der Waals surface area contributed by atoms with E-state index in [-0.39, 0.29) is 12.5 Å². The lowest BCUT2D eigenvalue weighted by Crippen LogP contribution is -2.31. The van der Waals surface area contributed by atoms with E-state index in [1.807, 2.05) is 31.1 Å². The summed E-state index contributed by atoms with van der Waals surface area (Å²) in [5.74, 6) is 2.70. The summed E-state index contributed by atoms with van der Waals surface area (Å²) in [6.07, 6.45) is 10.5. The van der Waals surface area contributed by atoms with Crippen LogP contribution in [0, 0.1) is 5.92 Å². The van der Waals surface area contributed by atoms with Gasteiger partial charge in [0.05, 0.1) is 25.0 Å². The molecule has 3 aromatic heterocycles. The summed E-state index contributed by atoms with van der Waals surface area (Å²) in [7, 11) is 3.70. The topological polar surface area (TPSA) is 98.1 Å². The molecule has 0 aliphatic heterocycles. The van der Waals surface area contributed by atoms with Gasteiger partial charge >= 0.3 is 0 Å². The smallest absolute Gasteiger partial charge is 0.244 e. The van der Waals surface area contributed by atoms with E-state index in [1.54, 1.807) is 23.3 Å². The monoisotopic (exact) mass is 433 g/mol. The molecule has 0 aromatic carbocycles. The summed E-state index contributed by atoms with van der Waals surface area (Å²) < 4.78 is 7.56. The number of fused-ring (bicyclic) bond motifs is 1. The summed E-state index contributed by atoms with van der Waals surface area (Å²) in [5.41, 5.74) is 3.51. The van der Waals surface area contributed by atoms with Gasteiger partial charge in [-0.2, -0.15) is 5.10 Å². The average molecular weight is 434 g/mol. The molecular weight excluding hydrogens is 406 g/mol. The SMILES string of the molecule is CN(CC(=O)Nc1cnn(C)c1)c1nc(-c2cc(OCC3CC3)ccn2)nc2c1CCC2. The van der Waals surface area contributed by atoms with E-state index in [2.05, 4.69) is 15.4 Å². The Kier molecular flexibility index (Phi) is 5.46. The van der Waals surface area contributed by atoms with Gasteiger partial charge in [0.1, 0.15) is 17.3 Å². The first-order valence-electron chi connectivity index (χ1n) is 11.0. The summed E-state index contributed by atoms with van der Waals surface area (Å²) in [6.45, 7) is 0.921. The van der Waals surface area contributed by atoms with Crippen molar-refractivity contribution in [3.05, 3.63) is 42.0 Å². The molecule has 0 saturated heterocycles. The molecule has 166 valence electrons. The van der Waals surface area contributed by atoms with E-state index in [4.69, 9.17) is 14.7 Å². The summed E-state index contributed by atoms with van der Waals surface area (Å²) in [4.78, 5) is 28.6. The molecule has 3 heterocycles. The van der Waals surface area contributed by atoms with Crippen LogP contribution in [0.3, 0.4) is 0 Å². The summed E-state index contributed by atoms with van der Waals surface area (Å²) >= 11 is 0. The van der Waals surface area contributed by atoms with Gasteiger partial charge in [-0.25, -0.2) is 9.97 Å². The maximum atomic E-state index is 12.6. The molecule has 1 saturated carbocycles. The third-order valence-corrected chi connectivity index (χ3v) is 5.79. The van der Waals surface area contributed by atoms with Crippen molar-refractivity contribution in [3.63, 3.8) is 0 Å². The second kappa shape index (κ2) is 8.57. The van der Waals surface area contributed by atoms with Crippen LogP contribution in [0.2, 0.25) is 0 Å². The van der Waals surface area contributed by atoms with Gasteiger partial charge < -0.3 is 15.0 Å². The first-order valence-corrected chi connectivity index (χ1v) is 11.0. The molecule has 1 fully saturated rings. The zero-order valence-corrected chi connectivity index (χ0v) is 18.4. The molecule has 0 unspecified atom stereocenters. The zero-order chi connectivity index (χ0) is 22.1. The number of ether oxygens (including phenoxy) is 1. The highest BCUT2D eigenvalue weighted by Crippen LogP contribution is 2.32. The van der Waals surface area contributed by atoms with Crippen LogP contribution in [0.15, 0.2) is 30.7 Å². The number of hydrogen-bond acceptors (Lipinski definition) is 7. The maximum Gasteiger partial charge on any atom is 0.244 e. The van der Waals surface area contributed by atoms with Crippen molar-refractivity contribution < 1.29 is 9.53 Å². The second-order valence-electron chi connectivity index (χ2n) is 8.59. The van der Waals surface area contributed by atoms with Crippen molar-refractivity contribution in [2.45, 2.75) is 32.1 Å². The maximum absolute atomic E-state index is 12.6. The van der Waals surface area contributed by atoms with Crippen LogP contribution in [0.5, 0.6) is 5.75 Å². The Hall–Kier alpha value is -3.49. The number of aryl methyl sites for hydroxylation is 2. The van der Waals surface area contributed by atoms with Gasteiger partial charge in [0.15, 0.2) is 5.82 Å². The number of hydrogen-bond donors (Lipinski definition) is 1. The number of aromatic nitrogens is 5. The second-order valence-corrected chi connectivity index (χ2v) is 8.59. The number of nitrogens with one attached hydrogen (secondary N) is 1. The van der Waals surface area contributed by atoms with Gasteiger partial charge in [0, 0.05) is 43.8 Å². The molecule has 1 N–H and O–H groups in total. The van der Waals surface area contributed by atoms with Crippen LogP contribution in [0.1, 0.15) is 30.5 Å². The van der Waals surface area contributed by atoms with Crippen molar-refractivity contribution in [1.82, 2.24) is 24.7 Å². The van der Waals surface area contributed by atoms with Gasteiger partial charge in [-0.3, -0.25) is 14.5 Å². The van der Waals surface area contributed by atoms with E-state index in [0.29, 0.717) is 23.1 Å². The Morgan fingerprint density at radius 3 is 2.97 bits per heavy atom. The molecule has 0 spiro atoms. The third kappa shape index (κ3) is 4.56. The number of anilines is 2. The van der Waals surface area contributed by atoms with Gasteiger partial charge in [-0.15, -0.1) is 0 Å². The number of rotatable bonds is 8. The lowest BCUT2D eigenvalue weighted by Gasteiger charge is -2.21. The first-order chi connectivity index (χ1) is 15.5. The van der Waals surface area contributed by atoms with Crippen molar-refractivity contribution >= 4 is 17.4 Å². The van der Waals surface area contributed by atoms with Crippen molar-refractivity contribution in [2.75, 3.05) is 30.4 Å². The minimum atomic E-state index is -0.124. The van der Waals surface area contributed by atoms with Gasteiger partial charge in [0.25, 0.3) is 0 Å². The van der Waals surface area contributed by atoms with Gasteiger partial charge in [-0.05, 0) is 44.1 Å². The molecule has 3 aromatic rings. The molecule has 0 atom stereocenters. The highest BCUT2D eigenvalue weighted by atomic mass is 16.5. The van der Waals surface area contributed by atoms with Gasteiger partial charge in [-0.1, -0.05) is 0 Å². The predicted octanol–water partition coefficient (Wildman–Crippen LogP) is 2.62. The van der Waals surface area contributed by atoms with Crippen LogP contribution >= 0.6 is 0 Å². The molecule has 9 nitrogen and oxygen atoms in total. The first kappa shape index (κ1) is 20.4. The van der Waals surface area contributed by atoms with Crippen LogP contribution in [-0.2, 0) is 24.7 Å². The van der Waals surface area contributed by atoms with Crippen molar-refractivity contribution in [1.29, 1.82) is 0 Å². The zero-order valence-electron chi connectivity index (χ0n) is 18.4. The van der Waals surface area contributed by atoms with E-state index in [1.165, 1.54) is 12.8 Å². The summed E-state index contributed by atoms with van der Waals surface area (Å²) in [5, 5.41) is 6.96. The number of carbonyl (C=O) groups is 1. The number of amides is 1. The minimum absolute atomic E-state index is 0.124. The number of pyridine rings is 1. The number of nitrogens with zero attached hydrogens (tertiary/aromatic N) is 6. The fraction of sp³-hybridized carbons (Fsp3) is 0.435. The molecular formula is C23H27N7O2. The quantitative estimate of drug-likeness (QED) is 0.583. The predicted molar refractivity (Wildman–Crippen MR) is 121 cm³/mol. The highest BCUT2D eigenvalue weighted by molar-refractivity contribution is 5.93. The fourth-order valence-corrected chi connectivity index (χ4v) is 3.94. The van der Waals surface area contributed by atoms with Crippen LogP contribution in [0.25, 0.3) is 11.5 Å². The lowest BCUT2D eigenvalue weighted by atomic mass is 10.2. The van der Waals surface area contributed by atoms with Crippen LogP contribution < -0.4 is 15.0 Å². The lowest BCUT2D eigenvalue weighted by molar-refractivity contribution is -0.114. The summed E-state index contributed by atoms with van der Waals surface area (Å²) in [6, 6.07) is 3.77. The molecule has 1 amide bonds. The normalized spacial score (nSPS) is 14.8. The highest BCUT2D eigenvalue weighted by Gasteiger charge is 2.24. The number of likely N-dealkylation sites (N-methyl/N-ethyl adjacent to an activating group) is 1. The molecule has 0 bridgehead atoms. The largest absolute Gasteiger partial charge is 0.493 e. The molecule has 5 rings (SSSR count). The molecule has 32 heavy (non-hydrogen) atoms.